The van der Waals surface area contributed by atoms with Gasteiger partial charge in [-0.3, -0.25) is 19.9 Å². The zero-order valence-corrected chi connectivity index (χ0v) is 20.8. The first-order valence-electron chi connectivity index (χ1n) is 11.7. The predicted molar refractivity (Wildman–Crippen MR) is 143 cm³/mol. The number of hydrogen-bond donors (Lipinski definition) is 3. The summed E-state index contributed by atoms with van der Waals surface area (Å²) in [6.45, 7) is 1.93. The Morgan fingerprint density at radius 1 is 0.892 bits per heavy atom. The number of thiocarbonyl (C=S) groups is 1. The third-order valence-electron chi connectivity index (χ3n) is 6.19. The average molecular weight is 513 g/mol. The summed E-state index contributed by atoms with van der Waals surface area (Å²) in [5.74, 6) is -0.679. The Bertz CT molecular complexity index is 1480. The topological polar surface area (TPSA) is 108 Å². The minimum atomic E-state index is -0.506. The van der Waals surface area contributed by atoms with Gasteiger partial charge < -0.3 is 5.32 Å². The summed E-state index contributed by atoms with van der Waals surface area (Å²) < 4.78 is 1.26. The molecule has 1 aromatic heterocycles. The van der Waals surface area contributed by atoms with Crippen LogP contribution in [0.15, 0.2) is 78.9 Å². The van der Waals surface area contributed by atoms with Crippen LogP contribution in [0, 0.1) is 6.92 Å². The number of carbonyl (C=O) groups is 3. The van der Waals surface area contributed by atoms with Crippen LogP contribution in [0.2, 0.25) is 0 Å². The van der Waals surface area contributed by atoms with Gasteiger partial charge in [-0.1, -0.05) is 60.7 Å². The molecule has 1 aliphatic heterocycles. The number of benzene rings is 3. The van der Waals surface area contributed by atoms with Gasteiger partial charge in [0.25, 0.3) is 11.8 Å². The van der Waals surface area contributed by atoms with E-state index in [1.54, 1.807) is 24.3 Å². The lowest BCUT2D eigenvalue weighted by atomic mass is 10.1. The van der Waals surface area contributed by atoms with E-state index in [9.17, 15) is 14.4 Å². The minimum absolute atomic E-state index is 0.0972. The normalized spacial score (nSPS) is 13.4. The van der Waals surface area contributed by atoms with Crippen LogP contribution in [0.25, 0.3) is 10.9 Å². The molecule has 3 amide bonds. The van der Waals surface area contributed by atoms with Crippen molar-refractivity contribution < 1.29 is 14.4 Å². The molecule has 10 heteroatoms. The van der Waals surface area contributed by atoms with E-state index < -0.39 is 12.1 Å². The fourth-order valence-electron chi connectivity index (χ4n) is 4.45. The van der Waals surface area contributed by atoms with Gasteiger partial charge in [-0.15, -0.1) is 0 Å². The summed E-state index contributed by atoms with van der Waals surface area (Å²) in [7, 11) is 0. The van der Waals surface area contributed by atoms with Crippen LogP contribution in [0.5, 0.6) is 0 Å². The van der Waals surface area contributed by atoms with Crippen molar-refractivity contribution in [2.45, 2.75) is 19.4 Å². The fraction of sp³-hybridized carbons (Fsp3) is 0.148. The standard InChI is InChI=1S/C27H24N6O3S/c1-17-20-11-7-8-14-23(20)33(31-17)27(36)30-29-26(37)28-19(15-18-9-3-2-4-10-18)16-32-24(34)21-12-5-6-13-22(21)25(32)35/h2-14,19H,15-16H2,1H3,(H,30,36)(H2,28,29,37)/t19-/m1/s1. The van der Waals surface area contributed by atoms with E-state index in [-0.39, 0.29) is 23.5 Å². The number of hydrogen-bond acceptors (Lipinski definition) is 5. The second-order valence-corrected chi connectivity index (χ2v) is 9.10. The van der Waals surface area contributed by atoms with Gasteiger partial charge >= 0.3 is 6.03 Å². The highest BCUT2D eigenvalue weighted by atomic mass is 32.1. The molecule has 0 spiro atoms. The number of nitrogens with one attached hydrogen (secondary N) is 3. The van der Waals surface area contributed by atoms with Crippen molar-refractivity contribution in [3.05, 3.63) is 101 Å². The van der Waals surface area contributed by atoms with Crippen LogP contribution in [-0.2, 0) is 6.42 Å². The maximum atomic E-state index is 12.9. The van der Waals surface area contributed by atoms with E-state index in [0.29, 0.717) is 23.1 Å². The van der Waals surface area contributed by atoms with E-state index in [1.165, 1.54) is 9.58 Å². The molecule has 0 aliphatic carbocycles. The highest BCUT2D eigenvalue weighted by molar-refractivity contribution is 7.80. The van der Waals surface area contributed by atoms with Crippen molar-refractivity contribution in [1.29, 1.82) is 0 Å². The summed E-state index contributed by atoms with van der Waals surface area (Å²) in [5.41, 5.74) is 8.45. The minimum Gasteiger partial charge on any atom is -0.356 e. The first-order valence-corrected chi connectivity index (χ1v) is 12.1. The number of para-hydroxylation sites is 1. The van der Waals surface area contributed by atoms with Crippen LogP contribution in [0.1, 0.15) is 32.0 Å². The maximum Gasteiger partial charge on any atom is 0.361 e. The first kappa shape index (κ1) is 24.1. The molecule has 0 fully saturated rings. The zero-order chi connectivity index (χ0) is 25.9. The molecule has 0 unspecified atom stereocenters. The highest BCUT2D eigenvalue weighted by Crippen LogP contribution is 2.23. The van der Waals surface area contributed by atoms with E-state index in [4.69, 9.17) is 12.2 Å². The number of aryl methyl sites for hydroxylation is 1. The van der Waals surface area contributed by atoms with Gasteiger partial charge in [0.15, 0.2) is 5.11 Å². The van der Waals surface area contributed by atoms with E-state index in [2.05, 4.69) is 21.3 Å². The van der Waals surface area contributed by atoms with E-state index >= 15 is 0 Å². The van der Waals surface area contributed by atoms with Crippen LogP contribution in [0.3, 0.4) is 0 Å². The molecule has 5 rings (SSSR count). The fourth-order valence-corrected chi connectivity index (χ4v) is 4.66. The van der Waals surface area contributed by atoms with Gasteiger partial charge in [0.2, 0.25) is 0 Å². The van der Waals surface area contributed by atoms with Gasteiger partial charge in [0, 0.05) is 11.9 Å². The number of imide groups is 1. The Balaban J connectivity index is 1.28. The Morgan fingerprint density at radius 3 is 2.22 bits per heavy atom. The van der Waals surface area contributed by atoms with Crippen LogP contribution >= 0.6 is 12.2 Å². The third-order valence-corrected chi connectivity index (χ3v) is 6.41. The number of hydrazine groups is 1. The Hall–Kier alpha value is -4.57. The number of amides is 3. The van der Waals surface area contributed by atoms with Crippen LogP contribution < -0.4 is 16.2 Å². The van der Waals surface area contributed by atoms with Crippen molar-refractivity contribution in [3.63, 3.8) is 0 Å². The third kappa shape index (κ3) is 4.91. The molecule has 1 atom stereocenters. The summed E-state index contributed by atoms with van der Waals surface area (Å²) >= 11 is 5.43. The number of aromatic nitrogens is 2. The lowest BCUT2D eigenvalue weighted by Crippen LogP contribution is -2.54. The number of nitrogens with zero attached hydrogens (tertiary/aromatic N) is 3. The molecular weight excluding hydrogens is 488 g/mol. The molecule has 0 radical (unpaired) electrons. The lowest BCUT2D eigenvalue weighted by Gasteiger charge is -2.25. The number of rotatable bonds is 5. The van der Waals surface area contributed by atoms with Gasteiger partial charge in [0.1, 0.15) is 0 Å². The predicted octanol–water partition coefficient (Wildman–Crippen LogP) is 3.19. The highest BCUT2D eigenvalue weighted by Gasteiger charge is 2.36. The second-order valence-electron chi connectivity index (χ2n) is 8.70. The summed E-state index contributed by atoms with van der Waals surface area (Å²) in [6.07, 6.45) is 0.493. The molecule has 37 heavy (non-hydrogen) atoms. The van der Waals surface area contributed by atoms with Crippen molar-refractivity contribution in [2.75, 3.05) is 6.54 Å². The number of carbonyl (C=O) groups excluding carboxylic acids is 3. The SMILES string of the molecule is Cc1nn(C(=O)NNC(=S)N[C@H](Cc2ccccc2)CN2C(=O)c3ccccc3C2=O)c2ccccc12. The van der Waals surface area contributed by atoms with E-state index in [1.807, 2.05) is 61.5 Å². The molecule has 0 saturated carbocycles. The van der Waals surface area contributed by atoms with E-state index in [0.717, 1.165) is 16.6 Å². The van der Waals surface area contributed by atoms with Crippen LogP contribution in [0.4, 0.5) is 4.79 Å². The second kappa shape index (κ2) is 10.2. The lowest BCUT2D eigenvalue weighted by molar-refractivity contribution is 0.0641. The van der Waals surface area contributed by atoms with Gasteiger partial charge in [-0.2, -0.15) is 9.78 Å². The molecule has 3 aromatic carbocycles. The quantitative estimate of drug-likeness (QED) is 0.214. The molecule has 186 valence electrons. The molecule has 1 aliphatic rings. The summed E-state index contributed by atoms with van der Waals surface area (Å²) in [5, 5.41) is 8.46. The molecular formula is C27H24N6O3S. The molecule has 9 nitrogen and oxygen atoms in total. The Labute approximate surface area is 218 Å². The monoisotopic (exact) mass is 512 g/mol. The average Bonchev–Trinajstić information content (AvgIpc) is 3.37. The Morgan fingerprint density at radius 2 is 1.51 bits per heavy atom. The van der Waals surface area contributed by atoms with Crippen molar-refractivity contribution >= 4 is 46.1 Å². The van der Waals surface area contributed by atoms with Gasteiger partial charge in [-0.05, 0) is 49.3 Å². The molecule has 4 aromatic rings. The maximum absolute atomic E-state index is 12.9. The molecule has 3 N–H and O–H groups in total. The van der Waals surface area contributed by atoms with Gasteiger partial charge in [0.05, 0.1) is 28.4 Å². The van der Waals surface area contributed by atoms with Crippen molar-refractivity contribution in [1.82, 2.24) is 30.8 Å². The van der Waals surface area contributed by atoms with Crippen LogP contribution in [-0.4, -0.2) is 50.2 Å². The smallest absolute Gasteiger partial charge is 0.356 e. The number of fused-ring (bicyclic) bond motifs is 2. The zero-order valence-electron chi connectivity index (χ0n) is 20.0. The van der Waals surface area contributed by atoms with Crippen molar-refractivity contribution in [3.8, 4) is 0 Å². The summed E-state index contributed by atoms with van der Waals surface area (Å²) in [6, 6.07) is 23.0. The Kier molecular flexibility index (Phi) is 6.65. The molecule has 0 bridgehead atoms. The van der Waals surface area contributed by atoms with Crippen molar-refractivity contribution in [2.24, 2.45) is 0 Å². The summed E-state index contributed by atoms with van der Waals surface area (Å²) in [4.78, 5) is 39.9. The van der Waals surface area contributed by atoms with Gasteiger partial charge in [-0.25, -0.2) is 10.2 Å². The molecule has 2 heterocycles. The molecule has 0 saturated heterocycles. The largest absolute Gasteiger partial charge is 0.361 e. The first-order chi connectivity index (χ1) is 17.9.